The van der Waals surface area contributed by atoms with Crippen LogP contribution in [0.15, 0.2) is 40.7 Å². The summed E-state index contributed by atoms with van der Waals surface area (Å²) in [6, 6.07) is 6.65. The largest absolute Gasteiger partial charge is 0.417 e. The van der Waals surface area contributed by atoms with Gasteiger partial charge in [-0.1, -0.05) is 46.1 Å². The van der Waals surface area contributed by atoms with Gasteiger partial charge in [0.05, 0.1) is 21.2 Å². The Morgan fingerprint density at radius 2 is 1.71 bits per heavy atom. The molecule has 0 saturated carbocycles. The number of rotatable bonds is 5. The molecular formula is C16H8Cl3F3N4O3S2. The van der Waals surface area contributed by atoms with Gasteiger partial charge in [0.25, 0.3) is 20.3 Å². The minimum Gasteiger partial charge on any atom is -0.296 e. The maximum atomic E-state index is 13.0. The van der Waals surface area contributed by atoms with Crippen molar-refractivity contribution >= 4 is 72.9 Å². The number of hydrogen-bond acceptors (Lipinski definition) is 6. The van der Waals surface area contributed by atoms with Gasteiger partial charge in [-0.15, -0.1) is 10.2 Å². The Kier molecular flexibility index (Phi) is 6.67. The molecule has 2 aromatic carbocycles. The van der Waals surface area contributed by atoms with Crippen LogP contribution in [0.4, 0.5) is 24.0 Å². The van der Waals surface area contributed by atoms with Crippen LogP contribution in [-0.2, 0) is 16.2 Å². The number of carbonyl (C=O) groups excluding carboxylic acids is 1. The zero-order valence-electron chi connectivity index (χ0n) is 14.7. The summed E-state index contributed by atoms with van der Waals surface area (Å²) in [5.74, 6) is -0.692. The molecule has 164 valence electrons. The molecule has 1 aromatic heterocycles. The third kappa shape index (κ3) is 5.57. The fourth-order valence-electron chi connectivity index (χ4n) is 2.21. The highest BCUT2D eigenvalue weighted by molar-refractivity contribution is 7.94. The van der Waals surface area contributed by atoms with E-state index in [4.69, 9.17) is 34.8 Å². The van der Waals surface area contributed by atoms with Crippen LogP contribution in [0.25, 0.3) is 0 Å². The molecule has 0 radical (unpaired) electrons. The molecule has 0 atom stereocenters. The van der Waals surface area contributed by atoms with Crippen molar-refractivity contribution < 1.29 is 26.4 Å². The summed E-state index contributed by atoms with van der Waals surface area (Å²) >= 11 is 17.7. The van der Waals surface area contributed by atoms with E-state index in [-0.39, 0.29) is 21.4 Å². The zero-order valence-corrected chi connectivity index (χ0v) is 18.6. The van der Waals surface area contributed by atoms with Crippen LogP contribution in [0.5, 0.6) is 0 Å². The number of benzene rings is 2. The second-order valence-corrected chi connectivity index (χ2v) is 9.83. The summed E-state index contributed by atoms with van der Waals surface area (Å²) in [4.78, 5) is 12.3. The Morgan fingerprint density at radius 3 is 2.35 bits per heavy atom. The van der Waals surface area contributed by atoms with Crippen molar-refractivity contribution in [2.45, 2.75) is 10.5 Å². The van der Waals surface area contributed by atoms with E-state index in [1.807, 2.05) is 4.72 Å². The number of anilines is 2. The summed E-state index contributed by atoms with van der Waals surface area (Å²) in [6.07, 6.45) is -4.78. The summed E-state index contributed by atoms with van der Waals surface area (Å²) in [7, 11) is -4.39. The van der Waals surface area contributed by atoms with E-state index in [0.29, 0.717) is 22.4 Å². The Hall–Kier alpha value is -2.12. The first-order chi connectivity index (χ1) is 14.4. The monoisotopic (exact) mass is 530 g/mol. The molecule has 0 spiro atoms. The first kappa shape index (κ1) is 23.5. The van der Waals surface area contributed by atoms with Gasteiger partial charge in [-0.3, -0.25) is 14.8 Å². The predicted octanol–water partition coefficient (Wildman–Crippen LogP) is 5.57. The average molecular weight is 532 g/mol. The molecule has 0 aliphatic carbocycles. The van der Waals surface area contributed by atoms with E-state index < -0.39 is 37.0 Å². The highest BCUT2D eigenvalue weighted by Crippen LogP contribution is 2.36. The minimum atomic E-state index is -4.78. The standard InChI is InChI=1S/C16H8Cl3F3N4O3S2/c17-7-1-3-9(12(19)5-7)13(27)23-14-24-25-15(30-14)31(28,29)26-8-2-4-11(18)10(6-8)16(20,21)22/h1-6,26H,(H,23,24,27). The number of aromatic nitrogens is 2. The Balaban J connectivity index is 1.79. The molecule has 7 nitrogen and oxygen atoms in total. The van der Waals surface area contributed by atoms with Crippen LogP contribution in [-0.4, -0.2) is 24.5 Å². The van der Waals surface area contributed by atoms with Crippen molar-refractivity contribution in [1.82, 2.24) is 10.2 Å². The van der Waals surface area contributed by atoms with Gasteiger partial charge in [-0.2, -0.15) is 21.6 Å². The normalized spacial score (nSPS) is 11.9. The highest BCUT2D eigenvalue weighted by atomic mass is 35.5. The fourth-order valence-corrected chi connectivity index (χ4v) is 4.88. The third-order valence-electron chi connectivity index (χ3n) is 3.56. The Labute approximate surface area is 192 Å². The second-order valence-electron chi connectivity index (χ2n) is 5.75. The van der Waals surface area contributed by atoms with Crippen molar-refractivity contribution in [3.8, 4) is 0 Å². The first-order valence-corrected chi connectivity index (χ1v) is 11.3. The van der Waals surface area contributed by atoms with Crippen molar-refractivity contribution in [2.75, 3.05) is 10.0 Å². The van der Waals surface area contributed by atoms with Gasteiger partial charge >= 0.3 is 6.18 Å². The number of amides is 1. The predicted molar refractivity (Wildman–Crippen MR) is 112 cm³/mol. The van der Waals surface area contributed by atoms with Crippen molar-refractivity contribution in [1.29, 1.82) is 0 Å². The molecule has 3 rings (SSSR count). The quantitative estimate of drug-likeness (QED) is 0.419. The average Bonchev–Trinajstić information content (AvgIpc) is 3.11. The van der Waals surface area contributed by atoms with E-state index in [9.17, 15) is 26.4 Å². The molecule has 0 bridgehead atoms. The number of carbonyl (C=O) groups is 1. The maximum Gasteiger partial charge on any atom is 0.417 e. The number of halogens is 6. The lowest BCUT2D eigenvalue weighted by Crippen LogP contribution is -2.14. The SMILES string of the molecule is O=C(Nc1nnc(S(=O)(=O)Nc2ccc(Cl)c(C(F)(F)F)c2)s1)c1ccc(Cl)cc1Cl. The van der Waals surface area contributed by atoms with Crippen molar-refractivity contribution in [3.63, 3.8) is 0 Å². The molecule has 0 aliphatic heterocycles. The second kappa shape index (κ2) is 8.79. The molecule has 0 unspecified atom stereocenters. The van der Waals surface area contributed by atoms with Gasteiger partial charge in [0, 0.05) is 10.7 Å². The summed E-state index contributed by atoms with van der Waals surface area (Å²) < 4.78 is 65.1. The molecule has 3 aromatic rings. The first-order valence-electron chi connectivity index (χ1n) is 7.86. The van der Waals surface area contributed by atoms with Gasteiger partial charge in [-0.05, 0) is 36.4 Å². The van der Waals surface area contributed by atoms with Crippen LogP contribution in [0.1, 0.15) is 15.9 Å². The topological polar surface area (TPSA) is 101 Å². The van der Waals surface area contributed by atoms with Gasteiger partial charge in [-0.25, -0.2) is 0 Å². The summed E-state index contributed by atoms with van der Waals surface area (Å²) in [5.41, 5.74) is -1.53. The molecule has 15 heteroatoms. The van der Waals surface area contributed by atoms with E-state index >= 15 is 0 Å². The van der Waals surface area contributed by atoms with E-state index in [1.165, 1.54) is 18.2 Å². The van der Waals surface area contributed by atoms with Crippen LogP contribution >= 0.6 is 46.1 Å². The molecule has 31 heavy (non-hydrogen) atoms. The molecule has 0 aliphatic rings. The molecule has 1 amide bonds. The Bertz CT molecular complexity index is 1270. The molecule has 2 N–H and O–H groups in total. The summed E-state index contributed by atoms with van der Waals surface area (Å²) in [6.45, 7) is 0. The van der Waals surface area contributed by atoms with Crippen LogP contribution in [0.2, 0.25) is 15.1 Å². The number of sulfonamides is 1. The third-order valence-corrected chi connectivity index (χ3v) is 7.02. The summed E-state index contributed by atoms with van der Waals surface area (Å²) in [5, 5.41) is 8.96. The smallest absolute Gasteiger partial charge is 0.296 e. The Morgan fingerprint density at radius 1 is 1.00 bits per heavy atom. The number of hydrogen-bond donors (Lipinski definition) is 2. The highest BCUT2D eigenvalue weighted by Gasteiger charge is 2.34. The van der Waals surface area contributed by atoms with E-state index in [2.05, 4.69) is 15.5 Å². The molecule has 1 heterocycles. The molecule has 0 saturated heterocycles. The van der Waals surface area contributed by atoms with E-state index in [0.717, 1.165) is 12.1 Å². The van der Waals surface area contributed by atoms with Crippen molar-refractivity contribution in [3.05, 3.63) is 62.6 Å². The lowest BCUT2D eigenvalue weighted by molar-refractivity contribution is -0.137. The lowest BCUT2D eigenvalue weighted by Gasteiger charge is -2.11. The van der Waals surface area contributed by atoms with Crippen LogP contribution in [0, 0.1) is 0 Å². The van der Waals surface area contributed by atoms with Crippen LogP contribution < -0.4 is 10.0 Å². The number of nitrogens with zero attached hydrogens (tertiary/aromatic N) is 2. The number of alkyl halides is 3. The number of nitrogens with one attached hydrogen (secondary N) is 2. The van der Waals surface area contributed by atoms with Gasteiger partial charge < -0.3 is 0 Å². The lowest BCUT2D eigenvalue weighted by atomic mass is 10.2. The van der Waals surface area contributed by atoms with Gasteiger partial charge in [0.15, 0.2) is 0 Å². The minimum absolute atomic E-state index is 0.0599. The zero-order chi connectivity index (χ0) is 23.0. The molecule has 0 fully saturated rings. The van der Waals surface area contributed by atoms with Crippen molar-refractivity contribution in [2.24, 2.45) is 0 Å². The van der Waals surface area contributed by atoms with E-state index in [1.54, 1.807) is 0 Å². The van der Waals surface area contributed by atoms with Crippen LogP contribution in [0.3, 0.4) is 0 Å². The van der Waals surface area contributed by atoms with Gasteiger partial charge in [0.1, 0.15) is 0 Å². The fraction of sp³-hybridized carbons (Fsp3) is 0.0625. The maximum absolute atomic E-state index is 13.0. The van der Waals surface area contributed by atoms with Gasteiger partial charge in [0.2, 0.25) is 5.13 Å². The molecular weight excluding hydrogens is 524 g/mol.